The molecule has 13 heavy (non-hydrogen) atoms. The van der Waals surface area contributed by atoms with Gasteiger partial charge < -0.3 is 4.74 Å². The summed E-state index contributed by atoms with van der Waals surface area (Å²) in [6, 6.07) is 3.53. The van der Waals surface area contributed by atoms with Gasteiger partial charge in [0.25, 0.3) is 5.24 Å². The number of hydrogen-bond acceptors (Lipinski definition) is 2. The van der Waals surface area contributed by atoms with Gasteiger partial charge in [-0.25, -0.2) is 0 Å². The van der Waals surface area contributed by atoms with Crippen LogP contribution in [0.1, 0.15) is 15.9 Å². The summed E-state index contributed by atoms with van der Waals surface area (Å²) >= 11 is 7.45. The fourth-order valence-electron chi connectivity index (χ4n) is 1.03. The molecule has 0 radical (unpaired) electrons. The van der Waals surface area contributed by atoms with Crippen molar-refractivity contribution in [2.45, 2.75) is 6.92 Å². The van der Waals surface area contributed by atoms with Crippen LogP contribution in [0, 0.1) is 10.5 Å². The Morgan fingerprint density at radius 1 is 1.54 bits per heavy atom. The lowest BCUT2D eigenvalue weighted by molar-refractivity contribution is 0.108. The monoisotopic (exact) mass is 310 g/mol. The molecule has 2 nitrogen and oxygen atoms in total. The first kappa shape index (κ1) is 10.8. The third-order valence-corrected chi connectivity index (χ3v) is 2.79. The van der Waals surface area contributed by atoms with Crippen molar-refractivity contribution in [3.63, 3.8) is 0 Å². The molecule has 4 heteroatoms. The molecule has 0 aromatic heterocycles. The lowest BCUT2D eigenvalue weighted by atomic mass is 10.1. The maximum Gasteiger partial charge on any atom is 0.253 e. The smallest absolute Gasteiger partial charge is 0.253 e. The van der Waals surface area contributed by atoms with Gasteiger partial charge in [-0.15, -0.1) is 0 Å². The van der Waals surface area contributed by atoms with Crippen molar-refractivity contribution in [2.24, 2.45) is 0 Å². The van der Waals surface area contributed by atoms with Gasteiger partial charge in [-0.05, 0) is 58.8 Å². The third kappa shape index (κ3) is 2.34. The standard InChI is InChI=1S/C9H8ClIO2/c1-5-3-6(9(10)12)7(11)4-8(5)13-2/h3-4H,1-2H3. The molecule has 0 atom stereocenters. The van der Waals surface area contributed by atoms with Crippen molar-refractivity contribution in [1.82, 2.24) is 0 Å². The number of aryl methyl sites for hydroxylation is 1. The van der Waals surface area contributed by atoms with Crippen molar-refractivity contribution >= 4 is 39.4 Å². The summed E-state index contributed by atoms with van der Waals surface area (Å²) in [5.74, 6) is 0.770. The maximum atomic E-state index is 10.9. The van der Waals surface area contributed by atoms with Crippen molar-refractivity contribution in [2.75, 3.05) is 7.11 Å². The Kier molecular flexibility index (Phi) is 3.55. The predicted octanol–water partition coefficient (Wildman–Crippen LogP) is 2.99. The van der Waals surface area contributed by atoms with Crippen molar-refractivity contribution in [1.29, 1.82) is 0 Å². The molecule has 1 aromatic rings. The number of rotatable bonds is 2. The average Bonchev–Trinajstić information content (AvgIpc) is 2.07. The number of hydrogen-bond donors (Lipinski definition) is 0. The highest BCUT2D eigenvalue weighted by Crippen LogP contribution is 2.25. The zero-order valence-corrected chi connectivity index (χ0v) is 10.1. The maximum absolute atomic E-state index is 10.9. The van der Waals surface area contributed by atoms with Gasteiger partial charge in [-0.2, -0.15) is 0 Å². The summed E-state index contributed by atoms with van der Waals surface area (Å²) in [5, 5.41) is -0.435. The van der Waals surface area contributed by atoms with E-state index in [0.29, 0.717) is 5.56 Å². The van der Waals surface area contributed by atoms with Gasteiger partial charge >= 0.3 is 0 Å². The van der Waals surface area contributed by atoms with E-state index >= 15 is 0 Å². The Morgan fingerprint density at radius 3 is 2.62 bits per heavy atom. The van der Waals surface area contributed by atoms with Gasteiger partial charge in [0.05, 0.1) is 7.11 Å². The second-order valence-electron chi connectivity index (χ2n) is 2.58. The van der Waals surface area contributed by atoms with E-state index in [2.05, 4.69) is 22.6 Å². The minimum atomic E-state index is -0.435. The minimum absolute atomic E-state index is 0.435. The summed E-state index contributed by atoms with van der Waals surface area (Å²) in [6.07, 6.45) is 0. The summed E-state index contributed by atoms with van der Waals surface area (Å²) in [7, 11) is 1.60. The van der Waals surface area contributed by atoms with Crippen LogP contribution in [0.3, 0.4) is 0 Å². The molecule has 0 saturated carbocycles. The summed E-state index contributed by atoms with van der Waals surface area (Å²) in [6.45, 7) is 1.87. The first-order valence-electron chi connectivity index (χ1n) is 3.60. The summed E-state index contributed by atoms with van der Waals surface area (Å²) in [5.41, 5.74) is 1.44. The van der Waals surface area contributed by atoms with E-state index in [1.54, 1.807) is 19.2 Å². The number of methoxy groups -OCH3 is 1. The fraction of sp³-hybridized carbons (Fsp3) is 0.222. The predicted molar refractivity (Wildman–Crippen MR) is 60.6 cm³/mol. The van der Waals surface area contributed by atoms with E-state index in [9.17, 15) is 4.79 Å². The van der Waals surface area contributed by atoms with Crippen molar-refractivity contribution in [3.05, 3.63) is 26.8 Å². The SMILES string of the molecule is COc1cc(I)c(C(=O)Cl)cc1C. The third-order valence-electron chi connectivity index (χ3n) is 1.70. The Labute approximate surface area is 95.4 Å². The molecular weight excluding hydrogens is 302 g/mol. The number of ether oxygens (including phenoxy) is 1. The quantitative estimate of drug-likeness (QED) is 0.620. The Morgan fingerprint density at radius 2 is 2.15 bits per heavy atom. The van der Waals surface area contributed by atoms with E-state index in [1.165, 1.54) is 0 Å². The van der Waals surface area contributed by atoms with Gasteiger partial charge in [0.15, 0.2) is 0 Å². The molecule has 0 aliphatic rings. The van der Waals surface area contributed by atoms with E-state index in [4.69, 9.17) is 16.3 Å². The van der Waals surface area contributed by atoms with Crippen LogP contribution in [-0.2, 0) is 0 Å². The molecule has 0 aliphatic carbocycles. The second kappa shape index (κ2) is 4.28. The van der Waals surface area contributed by atoms with Crippen LogP contribution in [0.25, 0.3) is 0 Å². The second-order valence-corrected chi connectivity index (χ2v) is 4.08. The normalized spacial score (nSPS) is 9.85. The van der Waals surface area contributed by atoms with Gasteiger partial charge in [0.1, 0.15) is 5.75 Å². The molecule has 1 rings (SSSR count). The van der Waals surface area contributed by atoms with Crippen LogP contribution in [0.4, 0.5) is 0 Å². The zero-order valence-electron chi connectivity index (χ0n) is 7.23. The van der Waals surface area contributed by atoms with Crippen molar-refractivity contribution in [3.8, 4) is 5.75 Å². The molecule has 0 spiro atoms. The Hall–Kier alpha value is -0.290. The zero-order chi connectivity index (χ0) is 10.0. The number of carbonyl (C=O) groups excluding carboxylic acids is 1. The van der Waals surface area contributed by atoms with Gasteiger partial charge in [0, 0.05) is 9.13 Å². The molecule has 0 amide bonds. The molecule has 0 aliphatic heterocycles. The van der Waals surface area contributed by atoms with Crippen molar-refractivity contribution < 1.29 is 9.53 Å². The molecule has 0 heterocycles. The number of halogens is 2. The number of carbonyl (C=O) groups is 1. The van der Waals surface area contributed by atoms with E-state index in [1.807, 2.05) is 6.92 Å². The van der Waals surface area contributed by atoms with Crippen LogP contribution in [0.15, 0.2) is 12.1 Å². The van der Waals surface area contributed by atoms with Gasteiger partial charge in [0.2, 0.25) is 0 Å². The largest absolute Gasteiger partial charge is 0.496 e. The molecule has 0 N–H and O–H groups in total. The Bertz CT molecular complexity index is 350. The highest BCUT2D eigenvalue weighted by molar-refractivity contribution is 14.1. The van der Waals surface area contributed by atoms with Crippen LogP contribution < -0.4 is 4.74 Å². The Balaban J connectivity index is 3.28. The van der Waals surface area contributed by atoms with Crippen LogP contribution in [-0.4, -0.2) is 12.4 Å². The molecular formula is C9H8ClIO2. The first-order chi connectivity index (χ1) is 6.06. The molecule has 0 bridgehead atoms. The summed E-state index contributed by atoms with van der Waals surface area (Å²) < 4.78 is 5.91. The fourth-order valence-corrected chi connectivity index (χ4v) is 2.03. The first-order valence-corrected chi connectivity index (χ1v) is 5.06. The van der Waals surface area contributed by atoms with E-state index < -0.39 is 5.24 Å². The lowest BCUT2D eigenvalue weighted by Crippen LogP contribution is -1.96. The molecule has 0 saturated heterocycles. The lowest BCUT2D eigenvalue weighted by Gasteiger charge is -2.07. The minimum Gasteiger partial charge on any atom is -0.496 e. The van der Waals surface area contributed by atoms with Crippen LogP contribution in [0.2, 0.25) is 0 Å². The molecule has 1 aromatic carbocycles. The average molecular weight is 311 g/mol. The van der Waals surface area contributed by atoms with Gasteiger partial charge in [-0.3, -0.25) is 4.79 Å². The molecule has 0 fully saturated rings. The highest BCUT2D eigenvalue weighted by atomic mass is 127. The highest BCUT2D eigenvalue weighted by Gasteiger charge is 2.10. The van der Waals surface area contributed by atoms with Crippen LogP contribution in [0.5, 0.6) is 5.75 Å². The van der Waals surface area contributed by atoms with Gasteiger partial charge in [-0.1, -0.05) is 0 Å². The topological polar surface area (TPSA) is 26.3 Å². The molecule has 70 valence electrons. The number of benzene rings is 1. The summed E-state index contributed by atoms with van der Waals surface area (Å²) in [4.78, 5) is 10.9. The van der Waals surface area contributed by atoms with E-state index in [-0.39, 0.29) is 0 Å². The molecule has 0 unspecified atom stereocenters. The van der Waals surface area contributed by atoms with Crippen LogP contribution >= 0.6 is 34.2 Å². The van der Waals surface area contributed by atoms with E-state index in [0.717, 1.165) is 14.9 Å².